The van der Waals surface area contributed by atoms with Crippen molar-refractivity contribution in [3.05, 3.63) is 64.1 Å². The second-order valence-electron chi connectivity index (χ2n) is 4.39. The van der Waals surface area contributed by atoms with Gasteiger partial charge in [-0.25, -0.2) is 0 Å². The molecule has 2 aromatic carbocycles. The maximum absolute atomic E-state index is 12.2. The molecule has 20 heavy (non-hydrogen) atoms. The first-order valence-corrected chi connectivity index (χ1v) is 6.88. The number of hydrogen-bond donors (Lipinski definition) is 1. The van der Waals surface area contributed by atoms with Crippen molar-refractivity contribution in [1.29, 1.82) is 0 Å². The molecule has 1 unspecified atom stereocenters. The summed E-state index contributed by atoms with van der Waals surface area (Å²) < 4.78 is 29.7. The number of hydrogen-bond acceptors (Lipinski definition) is 2. The summed E-state index contributed by atoms with van der Waals surface area (Å²) in [5.41, 5.74) is 7.96. The molecule has 106 valence electrons. The Bertz CT molecular complexity index is 560. The van der Waals surface area contributed by atoms with Crippen molar-refractivity contribution in [1.82, 2.24) is 0 Å². The molecule has 0 aliphatic carbocycles. The first kappa shape index (κ1) is 14.9. The fourth-order valence-corrected chi connectivity index (χ4v) is 2.18. The van der Waals surface area contributed by atoms with Crippen LogP contribution in [0.25, 0.3) is 0 Å². The summed E-state index contributed by atoms with van der Waals surface area (Å²) in [6.07, 6.45) is 0.630. The molecule has 0 aromatic heterocycles. The van der Waals surface area contributed by atoms with E-state index in [0.717, 1.165) is 15.6 Å². The van der Waals surface area contributed by atoms with Gasteiger partial charge in [-0.3, -0.25) is 0 Å². The van der Waals surface area contributed by atoms with Gasteiger partial charge in [0.05, 0.1) is 0 Å². The highest BCUT2D eigenvalue weighted by atomic mass is 79.9. The van der Waals surface area contributed by atoms with Crippen molar-refractivity contribution in [2.24, 2.45) is 5.73 Å². The molecule has 2 aromatic rings. The van der Waals surface area contributed by atoms with Crippen molar-refractivity contribution < 1.29 is 13.5 Å². The van der Waals surface area contributed by atoms with E-state index in [4.69, 9.17) is 5.73 Å². The minimum Gasteiger partial charge on any atom is -0.435 e. The normalized spacial score (nSPS) is 12.4. The summed E-state index contributed by atoms with van der Waals surface area (Å²) in [5, 5.41) is 0. The smallest absolute Gasteiger partial charge is 0.387 e. The molecule has 1 atom stereocenters. The Morgan fingerprint density at radius 2 is 1.80 bits per heavy atom. The van der Waals surface area contributed by atoms with Crippen LogP contribution in [0, 0.1) is 0 Å². The van der Waals surface area contributed by atoms with Crippen molar-refractivity contribution in [2.45, 2.75) is 19.1 Å². The first-order chi connectivity index (χ1) is 9.54. The lowest BCUT2D eigenvalue weighted by molar-refractivity contribution is -0.0498. The summed E-state index contributed by atoms with van der Waals surface area (Å²) in [5.74, 6) is 0.128. The van der Waals surface area contributed by atoms with E-state index in [0.29, 0.717) is 6.42 Å². The Labute approximate surface area is 124 Å². The van der Waals surface area contributed by atoms with Crippen LogP contribution >= 0.6 is 15.9 Å². The lowest BCUT2D eigenvalue weighted by atomic mass is 10.00. The van der Waals surface area contributed by atoms with Crippen molar-refractivity contribution in [2.75, 3.05) is 0 Å². The monoisotopic (exact) mass is 341 g/mol. The molecule has 0 bridgehead atoms. The average molecular weight is 342 g/mol. The standard InChI is InChI=1S/C15H14BrF2NO/c16-12-6-4-10(5-7-12)8-14(19)11-2-1-3-13(9-11)20-15(17)18/h1-7,9,14-15H,8,19H2. The van der Waals surface area contributed by atoms with Crippen LogP contribution < -0.4 is 10.5 Å². The van der Waals surface area contributed by atoms with E-state index in [9.17, 15) is 8.78 Å². The molecule has 0 amide bonds. The molecule has 0 spiro atoms. The van der Waals surface area contributed by atoms with Crippen LogP contribution in [0.5, 0.6) is 5.75 Å². The van der Waals surface area contributed by atoms with Gasteiger partial charge >= 0.3 is 6.61 Å². The Kier molecular flexibility index (Phi) is 5.09. The number of halogens is 3. The van der Waals surface area contributed by atoms with Gasteiger partial charge in [0.25, 0.3) is 0 Å². The number of benzene rings is 2. The van der Waals surface area contributed by atoms with Crippen molar-refractivity contribution in [3.8, 4) is 5.75 Å². The van der Waals surface area contributed by atoms with Gasteiger partial charge in [0, 0.05) is 10.5 Å². The third-order valence-electron chi connectivity index (χ3n) is 2.88. The van der Waals surface area contributed by atoms with Gasteiger partial charge in [-0.1, -0.05) is 40.2 Å². The molecule has 0 saturated heterocycles. The highest BCUT2D eigenvalue weighted by molar-refractivity contribution is 9.10. The predicted molar refractivity (Wildman–Crippen MR) is 77.8 cm³/mol. The van der Waals surface area contributed by atoms with Crippen LogP contribution in [0.3, 0.4) is 0 Å². The van der Waals surface area contributed by atoms with Crippen LogP contribution in [-0.2, 0) is 6.42 Å². The summed E-state index contributed by atoms with van der Waals surface area (Å²) in [6.45, 7) is -2.83. The highest BCUT2D eigenvalue weighted by Crippen LogP contribution is 2.22. The molecular formula is C15H14BrF2NO. The lowest BCUT2D eigenvalue weighted by Gasteiger charge is -2.14. The van der Waals surface area contributed by atoms with Crippen LogP contribution in [0.1, 0.15) is 17.2 Å². The van der Waals surface area contributed by atoms with Gasteiger partial charge in [0.2, 0.25) is 0 Å². The van der Waals surface area contributed by atoms with Gasteiger partial charge in [0.15, 0.2) is 0 Å². The van der Waals surface area contributed by atoms with E-state index < -0.39 is 6.61 Å². The molecular weight excluding hydrogens is 328 g/mol. The average Bonchev–Trinajstić information content (AvgIpc) is 2.41. The van der Waals surface area contributed by atoms with Crippen LogP contribution in [0.4, 0.5) is 8.78 Å². The molecule has 2 nitrogen and oxygen atoms in total. The number of nitrogens with two attached hydrogens (primary N) is 1. The number of rotatable bonds is 5. The van der Waals surface area contributed by atoms with E-state index in [1.807, 2.05) is 30.3 Å². The predicted octanol–water partition coefficient (Wildman–Crippen LogP) is 4.29. The van der Waals surface area contributed by atoms with Crippen LogP contribution in [0.15, 0.2) is 53.0 Å². The van der Waals surface area contributed by atoms with Gasteiger partial charge in [-0.2, -0.15) is 8.78 Å². The minimum absolute atomic E-state index is 0.128. The van der Waals surface area contributed by atoms with Crippen LogP contribution in [-0.4, -0.2) is 6.61 Å². The maximum Gasteiger partial charge on any atom is 0.387 e. The van der Waals surface area contributed by atoms with E-state index in [1.54, 1.807) is 12.1 Å². The lowest BCUT2D eigenvalue weighted by Crippen LogP contribution is -2.13. The summed E-state index contributed by atoms with van der Waals surface area (Å²) in [6, 6.07) is 14.1. The SMILES string of the molecule is NC(Cc1ccc(Br)cc1)c1cccc(OC(F)F)c1. The van der Waals surface area contributed by atoms with Gasteiger partial charge in [-0.05, 0) is 41.8 Å². The second kappa shape index (κ2) is 6.81. The second-order valence-corrected chi connectivity index (χ2v) is 5.30. The Hall–Kier alpha value is -1.46. The third kappa shape index (κ3) is 4.28. The summed E-state index contributed by atoms with van der Waals surface area (Å²) >= 11 is 3.37. The van der Waals surface area contributed by atoms with Crippen LogP contribution in [0.2, 0.25) is 0 Å². The number of alkyl halides is 2. The first-order valence-electron chi connectivity index (χ1n) is 6.09. The van der Waals surface area contributed by atoms with Gasteiger partial charge in [-0.15, -0.1) is 0 Å². The molecule has 0 fully saturated rings. The molecule has 0 aliphatic heterocycles. The maximum atomic E-state index is 12.2. The van der Waals surface area contributed by atoms with E-state index >= 15 is 0 Å². The molecule has 0 heterocycles. The van der Waals surface area contributed by atoms with E-state index in [1.165, 1.54) is 6.07 Å². The topological polar surface area (TPSA) is 35.2 Å². The van der Waals surface area contributed by atoms with Crippen molar-refractivity contribution in [3.63, 3.8) is 0 Å². The fraction of sp³-hybridized carbons (Fsp3) is 0.200. The van der Waals surface area contributed by atoms with E-state index in [-0.39, 0.29) is 11.8 Å². The fourth-order valence-electron chi connectivity index (χ4n) is 1.91. The molecule has 2 rings (SSSR count). The summed E-state index contributed by atoms with van der Waals surface area (Å²) in [4.78, 5) is 0. The van der Waals surface area contributed by atoms with E-state index in [2.05, 4.69) is 20.7 Å². The third-order valence-corrected chi connectivity index (χ3v) is 3.41. The molecule has 2 N–H and O–H groups in total. The Morgan fingerprint density at radius 1 is 1.10 bits per heavy atom. The summed E-state index contributed by atoms with van der Waals surface area (Å²) in [7, 11) is 0. The van der Waals surface area contributed by atoms with Gasteiger partial charge in [0.1, 0.15) is 5.75 Å². The highest BCUT2D eigenvalue weighted by Gasteiger charge is 2.10. The molecule has 0 saturated carbocycles. The molecule has 5 heteroatoms. The zero-order valence-corrected chi connectivity index (χ0v) is 12.2. The quantitative estimate of drug-likeness (QED) is 0.880. The zero-order valence-electron chi connectivity index (χ0n) is 10.6. The zero-order chi connectivity index (χ0) is 14.5. The largest absolute Gasteiger partial charge is 0.435 e. The van der Waals surface area contributed by atoms with Crippen molar-refractivity contribution >= 4 is 15.9 Å². The van der Waals surface area contributed by atoms with Gasteiger partial charge < -0.3 is 10.5 Å². The molecule has 0 radical (unpaired) electrons. The minimum atomic E-state index is -2.83. The molecule has 0 aliphatic rings. The Balaban J connectivity index is 2.08. The Morgan fingerprint density at radius 3 is 2.45 bits per heavy atom. The number of ether oxygens (including phenoxy) is 1.